The maximum Gasteiger partial charge on any atom is 0.300 e. The molecule has 1 aromatic carbocycles. The zero-order valence-electron chi connectivity index (χ0n) is 9.71. The van der Waals surface area contributed by atoms with Gasteiger partial charge in [-0.25, -0.2) is 4.99 Å². The molecular weight excluding hydrogens is 234 g/mol. The van der Waals surface area contributed by atoms with Gasteiger partial charge in [0.05, 0.1) is 10.9 Å². The van der Waals surface area contributed by atoms with Crippen LogP contribution in [0.4, 0.5) is 0 Å². The summed E-state index contributed by atoms with van der Waals surface area (Å²) in [6, 6.07) is 7.63. The molecule has 92 valence electrons. The monoisotopic (exact) mass is 245 g/mol. The number of nitrogens with zero attached hydrogens (tertiary/aromatic N) is 1. The smallest absolute Gasteiger partial charge is 0.300 e. The van der Waals surface area contributed by atoms with Crippen LogP contribution in [0, 0.1) is 0 Å². The Kier molecular flexibility index (Phi) is 3.23. The van der Waals surface area contributed by atoms with Crippen molar-refractivity contribution in [2.45, 2.75) is 6.92 Å². The third kappa shape index (κ3) is 2.29. The maximum atomic E-state index is 11.6. The number of benzene rings is 1. The van der Waals surface area contributed by atoms with Crippen LogP contribution in [0.5, 0.6) is 0 Å². The van der Waals surface area contributed by atoms with E-state index in [0.29, 0.717) is 11.3 Å². The first-order valence-corrected chi connectivity index (χ1v) is 5.32. The van der Waals surface area contributed by atoms with Gasteiger partial charge < -0.3 is 9.84 Å². The second kappa shape index (κ2) is 4.83. The number of carboxylic acid groups (broad SMARTS) is 1. The van der Waals surface area contributed by atoms with Crippen LogP contribution in [-0.2, 0) is 14.3 Å². The number of hydrogen-bond donors (Lipinski definition) is 1. The Labute approximate surface area is 103 Å². The van der Waals surface area contributed by atoms with Crippen molar-refractivity contribution in [3.63, 3.8) is 0 Å². The van der Waals surface area contributed by atoms with E-state index in [0.717, 1.165) is 17.5 Å². The van der Waals surface area contributed by atoms with Crippen LogP contribution in [0.25, 0.3) is 5.57 Å². The lowest BCUT2D eigenvalue weighted by atomic mass is 10.1. The van der Waals surface area contributed by atoms with Crippen molar-refractivity contribution < 1.29 is 19.4 Å². The molecule has 0 aromatic heterocycles. The van der Waals surface area contributed by atoms with E-state index in [1.165, 1.54) is 0 Å². The van der Waals surface area contributed by atoms with Crippen LogP contribution in [0.1, 0.15) is 6.92 Å². The summed E-state index contributed by atoms with van der Waals surface area (Å²) >= 11 is 0. The summed E-state index contributed by atoms with van der Waals surface area (Å²) in [5.41, 5.74) is 1.36. The van der Waals surface area contributed by atoms with Gasteiger partial charge in [0.2, 0.25) is 5.78 Å². The molecule has 0 atom stereocenters. The minimum atomic E-state index is -0.833. The largest absolute Gasteiger partial charge is 0.491 e. The number of carboxylic acids is 1. The van der Waals surface area contributed by atoms with Crippen molar-refractivity contribution >= 4 is 17.3 Å². The summed E-state index contributed by atoms with van der Waals surface area (Å²) in [5, 5.41) is 9.19. The highest BCUT2D eigenvalue weighted by molar-refractivity contribution is 6.21. The van der Waals surface area contributed by atoms with Crippen molar-refractivity contribution in [2.24, 2.45) is 4.99 Å². The lowest BCUT2D eigenvalue weighted by Crippen LogP contribution is -2.26. The average molecular weight is 245 g/mol. The molecule has 0 saturated carbocycles. The predicted octanol–water partition coefficient (Wildman–Crippen LogP) is 0.00210. The Morgan fingerprint density at radius 2 is 2.06 bits per heavy atom. The molecule has 0 fully saturated rings. The molecule has 5 heteroatoms. The van der Waals surface area contributed by atoms with Crippen LogP contribution < -0.4 is 10.6 Å². The van der Waals surface area contributed by atoms with Crippen LogP contribution in [0.3, 0.4) is 0 Å². The molecule has 1 aromatic rings. The zero-order chi connectivity index (χ0) is 13.1. The number of rotatable bonds is 0. The molecule has 3 rings (SSSR count). The van der Waals surface area contributed by atoms with Crippen molar-refractivity contribution in [1.82, 2.24) is 0 Å². The molecule has 18 heavy (non-hydrogen) atoms. The molecule has 0 spiro atoms. The standard InChI is InChI=1S/C11H7NO2.C2H4O2/c13-10-6-14-5-9-11(10)7-3-1-2-4-8(7)12-9;1-2(3)4/h1-5H,6H2;1H3,(H,3,4). The number of allylic oxidation sites excluding steroid dienone is 1. The summed E-state index contributed by atoms with van der Waals surface area (Å²) < 4.78 is 5.00. The van der Waals surface area contributed by atoms with Gasteiger partial charge in [-0.3, -0.25) is 9.59 Å². The molecule has 2 heterocycles. The molecule has 1 N–H and O–H groups in total. The van der Waals surface area contributed by atoms with Crippen molar-refractivity contribution in [1.29, 1.82) is 0 Å². The molecule has 0 radical (unpaired) electrons. The van der Waals surface area contributed by atoms with Crippen LogP contribution >= 0.6 is 0 Å². The number of ketones is 1. The topological polar surface area (TPSA) is 76.0 Å². The molecule has 0 aliphatic carbocycles. The van der Waals surface area contributed by atoms with E-state index in [1.807, 2.05) is 24.3 Å². The van der Waals surface area contributed by atoms with E-state index < -0.39 is 5.97 Å². The number of Topliss-reactive ketones (excluding diaryl/α,β-unsaturated/α-hetero) is 1. The SMILES string of the molecule is CC(=O)O.O=C1COC=C2N=c3ccccc3=C12. The molecule has 2 aliphatic rings. The Hall–Kier alpha value is -2.43. The number of ether oxygens (including phenoxy) is 1. The Bertz CT molecular complexity index is 654. The van der Waals surface area contributed by atoms with E-state index >= 15 is 0 Å². The highest BCUT2D eigenvalue weighted by Gasteiger charge is 2.23. The number of fused-ring (bicyclic) bond motifs is 2. The summed E-state index contributed by atoms with van der Waals surface area (Å²) in [5.74, 6) is -0.823. The number of hydrogen-bond acceptors (Lipinski definition) is 4. The summed E-state index contributed by atoms with van der Waals surface area (Å²) in [7, 11) is 0. The quantitative estimate of drug-likeness (QED) is 0.698. The second-order valence-corrected chi connectivity index (χ2v) is 3.76. The third-order valence-electron chi connectivity index (χ3n) is 2.36. The van der Waals surface area contributed by atoms with Gasteiger partial charge in [0.25, 0.3) is 5.97 Å². The molecule has 2 aliphatic heterocycles. The minimum absolute atomic E-state index is 0.0104. The van der Waals surface area contributed by atoms with Gasteiger partial charge in [0, 0.05) is 12.1 Å². The first-order chi connectivity index (χ1) is 8.59. The van der Waals surface area contributed by atoms with Gasteiger partial charge >= 0.3 is 0 Å². The van der Waals surface area contributed by atoms with Gasteiger partial charge in [-0.1, -0.05) is 18.2 Å². The predicted molar refractivity (Wildman–Crippen MR) is 63.0 cm³/mol. The van der Waals surface area contributed by atoms with E-state index in [9.17, 15) is 4.79 Å². The fourth-order valence-electron chi connectivity index (χ4n) is 1.75. The van der Waals surface area contributed by atoms with Crippen molar-refractivity contribution in [3.8, 4) is 0 Å². The first-order valence-electron chi connectivity index (χ1n) is 5.32. The Morgan fingerprint density at radius 3 is 2.78 bits per heavy atom. The fraction of sp³-hybridized carbons (Fsp3) is 0.154. The van der Waals surface area contributed by atoms with Crippen molar-refractivity contribution in [3.05, 3.63) is 46.8 Å². The summed E-state index contributed by atoms with van der Waals surface area (Å²) in [6.45, 7) is 1.21. The van der Waals surface area contributed by atoms with Gasteiger partial charge in [-0.2, -0.15) is 0 Å². The third-order valence-corrected chi connectivity index (χ3v) is 2.36. The lowest BCUT2D eigenvalue weighted by Gasteiger charge is -2.09. The van der Waals surface area contributed by atoms with Gasteiger partial charge in [-0.05, 0) is 6.07 Å². The van der Waals surface area contributed by atoms with E-state index in [-0.39, 0.29) is 12.4 Å². The van der Waals surface area contributed by atoms with Gasteiger partial charge in [-0.15, -0.1) is 0 Å². The minimum Gasteiger partial charge on any atom is -0.491 e. The van der Waals surface area contributed by atoms with Crippen LogP contribution in [-0.4, -0.2) is 23.5 Å². The lowest BCUT2D eigenvalue weighted by molar-refractivity contribution is -0.134. The summed E-state index contributed by atoms with van der Waals surface area (Å²) in [4.78, 5) is 24.9. The molecule has 0 saturated heterocycles. The molecule has 5 nitrogen and oxygen atoms in total. The number of para-hydroxylation sites is 1. The Morgan fingerprint density at radius 1 is 1.39 bits per heavy atom. The van der Waals surface area contributed by atoms with E-state index in [1.54, 1.807) is 6.26 Å². The highest BCUT2D eigenvalue weighted by Crippen LogP contribution is 2.18. The molecule has 0 unspecified atom stereocenters. The number of carbonyl (C=O) groups is 2. The van der Waals surface area contributed by atoms with Crippen LogP contribution in [0.15, 0.2) is 41.2 Å². The zero-order valence-corrected chi connectivity index (χ0v) is 9.71. The number of carbonyl (C=O) groups excluding carboxylic acids is 1. The average Bonchev–Trinajstić information content (AvgIpc) is 2.67. The van der Waals surface area contributed by atoms with Crippen molar-refractivity contribution in [2.75, 3.05) is 6.61 Å². The van der Waals surface area contributed by atoms with E-state index in [4.69, 9.17) is 14.6 Å². The van der Waals surface area contributed by atoms with E-state index in [2.05, 4.69) is 4.99 Å². The van der Waals surface area contributed by atoms with Gasteiger partial charge in [0.1, 0.15) is 12.0 Å². The fourth-order valence-corrected chi connectivity index (χ4v) is 1.75. The molecule has 0 bridgehead atoms. The van der Waals surface area contributed by atoms with Crippen LogP contribution in [0.2, 0.25) is 0 Å². The highest BCUT2D eigenvalue weighted by atomic mass is 16.5. The molecule has 0 amide bonds. The number of aliphatic carboxylic acids is 1. The molecular formula is C13H11NO4. The normalized spacial score (nSPS) is 15.3. The maximum absolute atomic E-state index is 11.6. The Balaban J connectivity index is 0.000000267. The second-order valence-electron chi connectivity index (χ2n) is 3.76. The first kappa shape index (κ1) is 12.0. The van der Waals surface area contributed by atoms with Gasteiger partial charge in [0.15, 0.2) is 6.61 Å². The summed E-state index contributed by atoms with van der Waals surface area (Å²) in [6.07, 6.45) is 1.55.